The van der Waals surface area contributed by atoms with E-state index in [1.165, 1.54) is 6.42 Å². The second-order valence-electron chi connectivity index (χ2n) is 10.3. The van der Waals surface area contributed by atoms with Gasteiger partial charge in [0.1, 0.15) is 12.4 Å². The maximum atomic E-state index is 12.2. The van der Waals surface area contributed by atoms with Gasteiger partial charge in [0.05, 0.1) is 17.3 Å². The molecule has 0 radical (unpaired) electrons. The van der Waals surface area contributed by atoms with Crippen LogP contribution in [0.1, 0.15) is 37.4 Å². The van der Waals surface area contributed by atoms with E-state index in [2.05, 4.69) is 46.0 Å². The van der Waals surface area contributed by atoms with Gasteiger partial charge in [-0.1, -0.05) is 41.9 Å². The number of hydrogen-bond donors (Lipinski definition) is 0. The summed E-state index contributed by atoms with van der Waals surface area (Å²) in [6.07, 6.45) is 6.95. The van der Waals surface area contributed by atoms with Crippen LogP contribution in [-0.4, -0.2) is 67.0 Å². The summed E-state index contributed by atoms with van der Waals surface area (Å²) in [6, 6.07) is 13.1. The molecule has 8 heteroatoms. The first kappa shape index (κ1) is 26.4. The lowest BCUT2D eigenvalue weighted by molar-refractivity contribution is -0.114. The smallest absolute Gasteiger partial charge is 0.318 e. The highest BCUT2D eigenvalue weighted by atomic mass is 35.5. The van der Waals surface area contributed by atoms with Gasteiger partial charge in [0.2, 0.25) is 0 Å². The zero-order valence-corrected chi connectivity index (χ0v) is 23.2. The highest BCUT2D eigenvalue weighted by molar-refractivity contribution is 6.36. The van der Waals surface area contributed by atoms with Crippen LogP contribution in [0.25, 0.3) is 10.8 Å². The molecule has 1 aromatic heterocycles. The van der Waals surface area contributed by atoms with E-state index in [1.54, 1.807) is 12.2 Å². The van der Waals surface area contributed by atoms with Crippen molar-refractivity contribution < 1.29 is 9.53 Å². The Morgan fingerprint density at radius 3 is 2.79 bits per heavy atom. The predicted octanol–water partition coefficient (Wildman–Crippen LogP) is 5.29. The molecule has 7 nitrogen and oxygen atoms in total. The minimum atomic E-state index is 0.113. The Balaban J connectivity index is 1.45. The predicted molar refractivity (Wildman–Crippen MR) is 155 cm³/mol. The SMILES string of the molecule is C/C=C/C(=O)CCN(C)c1nc(OC[C@@H]2CCCN2C)nc2c1CCN(c1cccc3cccc(Cl)c13)C2. The average Bonchev–Trinajstić information content (AvgIpc) is 3.34. The molecule has 0 unspecified atom stereocenters. The van der Waals surface area contributed by atoms with E-state index >= 15 is 0 Å². The molecule has 0 amide bonds. The van der Waals surface area contributed by atoms with Crippen molar-refractivity contribution in [2.45, 2.75) is 45.2 Å². The van der Waals surface area contributed by atoms with Crippen LogP contribution in [0.3, 0.4) is 0 Å². The van der Waals surface area contributed by atoms with Gasteiger partial charge in [-0.15, -0.1) is 0 Å². The zero-order chi connectivity index (χ0) is 26.6. The molecule has 1 fully saturated rings. The van der Waals surface area contributed by atoms with Crippen LogP contribution in [0.5, 0.6) is 6.01 Å². The highest BCUT2D eigenvalue weighted by Crippen LogP contribution is 2.36. The van der Waals surface area contributed by atoms with Crippen LogP contribution in [0.4, 0.5) is 11.5 Å². The summed E-state index contributed by atoms with van der Waals surface area (Å²) in [7, 11) is 4.14. The number of aromatic nitrogens is 2. The van der Waals surface area contributed by atoms with Gasteiger partial charge in [0.25, 0.3) is 0 Å². The largest absolute Gasteiger partial charge is 0.462 e. The monoisotopic (exact) mass is 533 g/mol. The molecule has 200 valence electrons. The second-order valence-corrected chi connectivity index (χ2v) is 10.7. The van der Waals surface area contributed by atoms with Gasteiger partial charge < -0.3 is 19.4 Å². The van der Waals surface area contributed by atoms with Crippen LogP contribution < -0.4 is 14.5 Å². The third kappa shape index (κ3) is 5.64. The molecule has 0 spiro atoms. The molecular weight excluding hydrogens is 498 g/mol. The van der Waals surface area contributed by atoms with Gasteiger partial charge in [0.15, 0.2) is 5.78 Å². The molecule has 5 rings (SSSR count). The number of benzene rings is 2. The number of allylic oxidation sites excluding steroid dienone is 2. The number of carbonyl (C=O) groups is 1. The van der Waals surface area contributed by atoms with E-state index in [-0.39, 0.29) is 5.78 Å². The van der Waals surface area contributed by atoms with Gasteiger partial charge in [-0.3, -0.25) is 4.79 Å². The van der Waals surface area contributed by atoms with Crippen LogP contribution >= 0.6 is 11.6 Å². The van der Waals surface area contributed by atoms with Crippen LogP contribution in [0.15, 0.2) is 48.6 Å². The standard InChI is InChI=1S/C30H36ClN5O2/c1-4-8-23(37)14-17-35(3)29-24-15-18-36(27-13-6-10-21-9-5-12-25(31)28(21)27)19-26(24)32-30(33-29)38-20-22-11-7-16-34(22)2/h4-6,8-10,12-13,22H,7,11,14-20H2,1-3H3/b8-4+/t22-/m0/s1. The van der Waals surface area contributed by atoms with Crippen molar-refractivity contribution in [2.24, 2.45) is 0 Å². The normalized spacial score (nSPS) is 17.8. The fourth-order valence-corrected chi connectivity index (χ4v) is 5.81. The number of nitrogens with zero attached hydrogens (tertiary/aromatic N) is 5. The van der Waals surface area contributed by atoms with Crippen molar-refractivity contribution in [3.05, 3.63) is 64.8 Å². The van der Waals surface area contributed by atoms with Crippen LogP contribution in [0, 0.1) is 0 Å². The first-order valence-electron chi connectivity index (χ1n) is 13.5. The number of fused-ring (bicyclic) bond motifs is 2. The van der Waals surface area contributed by atoms with Crippen LogP contribution in [-0.2, 0) is 17.8 Å². The minimum absolute atomic E-state index is 0.113. The number of anilines is 2. The van der Waals surface area contributed by atoms with Crippen molar-refractivity contribution in [3.8, 4) is 6.01 Å². The molecule has 2 aliphatic heterocycles. The summed E-state index contributed by atoms with van der Waals surface area (Å²) in [5, 5.41) is 2.94. The fourth-order valence-electron chi connectivity index (χ4n) is 5.53. The first-order chi connectivity index (χ1) is 18.4. The molecule has 2 aromatic carbocycles. The third-order valence-corrected chi connectivity index (χ3v) is 7.99. The fraction of sp³-hybridized carbons (Fsp3) is 0.433. The molecule has 3 heterocycles. The molecule has 1 atom stereocenters. The number of ketones is 1. The Labute approximate surface area is 230 Å². The third-order valence-electron chi connectivity index (χ3n) is 7.68. The minimum Gasteiger partial charge on any atom is -0.462 e. The van der Waals surface area contributed by atoms with E-state index < -0.39 is 0 Å². The van der Waals surface area contributed by atoms with Crippen LogP contribution in [0.2, 0.25) is 5.02 Å². The molecular formula is C30H36ClN5O2. The van der Waals surface area contributed by atoms with Crippen molar-refractivity contribution >= 4 is 39.7 Å². The Morgan fingerprint density at radius 2 is 2.03 bits per heavy atom. The first-order valence-corrected chi connectivity index (χ1v) is 13.8. The highest BCUT2D eigenvalue weighted by Gasteiger charge is 2.27. The maximum Gasteiger partial charge on any atom is 0.318 e. The number of likely N-dealkylation sites (tertiary alicyclic amines) is 1. The van der Waals surface area contributed by atoms with Crippen molar-refractivity contribution in [3.63, 3.8) is 0 Å². The summed E-state index contributed by atoms with van der Waals surface area (Å²) in [5.74, 6) is 0.968. The summed E-state index contributed by atoms with van der Waals surface area (Å²) in [5.41, 5.74) is 3.20. The summed E-state index contributed by atoms with van der Waals surface area (Å²) < 4.78 is 6.20. The molecule has 0 saturated carbocycles. The van der Waals surface area contributed by atoms with Crippen molar-refractivity contribution in [2.75, 3.05) is 50.1 Å². The molecule has 0 bridgehead atoms. The Morgan fingerprint density at radius 1 is 1.21 bits per heavy atom. The lowest BCUT2D eigenvalue weighted by atomic mass is 10.0. The Bertz CT molecular complexity index is 1340. The topological polar surface area (TPSA) is 61.8 Å². The van der Waals surface area contributed by atoms with Gasteiger partial charge in [-0.25, -0.2) is 0 Å². The number of likely N-dealkylation sites (N-methyl/N-ethyl adjacent to an activating group) is 1. The van der Waals surface area contributed by atoms with Crippen molar-refractivity contribution in [1.82, 2.24) is 14.9 Å². The number of rotatable bonds is 9. The van der Waals surface area contributed by atoms with Gasteiger partial charge >= 0.3 is 6.01 Å². The molecule has 3 aromatic rings. The van der Waals surface area contributed by atoms with E-state index in [0.717, 1.165) is 64.5 Å². The summed E-state index contributed by atoms with van der Waals surface area (Å²) in [4.78, 5) is 28.7. The Kier molecular flexibility index (Phi) is 8.15. The molecule has 38 heavy (non-hydrogen) atoms. The maximum absolute atomic E-state index is 12.2. The average molecular weight is 534 g/mol. The summed E-state index contributed by atoms with van der Waals surface area (Å²) in [6.45, 7) is 5.58. The number of hydrogen-bond acceptors (Lipinski definition) is 7. The molecule has 0 aliphatic carbocycles. The van der Waals surface area contributed by atoms with Gasteiger partial charge in [0, 0.05) is 49.2 Å². The quantitative estimate of drug-likeness (QED) is 0.346. The van der Waals surface area contributed by atoms with E-state index in [0.29, 0.717) is 38.2 Å². The Hall–Kier alpha value is -3.16. The number of halogens is 1. The number of ether oxygens (including phenoxy) is 1. The molecule has 2 aliphatic rings. The van der Waals surface area contributed by atoms with E-state index in [9.17, 15) is 4.79 Å². The van der Waals surface area contributed by atoms with Crippen molar-refractivity contribution in [1.29, 1.82) is 0 Å². The second kappa shape index (κ2) is 11.7. The van der Waals surface area contributed by atoms with E-state index in [4.69, 9.17) is 26.3 Å². The number of carbonyl (C=O) groups excluding carboxylic acids is 1. The van der Waals surface area contributed by atoms with Gasteiger partial charge in [-0.2, -0.15) is 9.97 Å². The zero-order valence-electron chi connectivity index (χ0n) is 22.5. The van der Waals surface area contributed by atoms with E-state index in [1.807, 2.05) is 26.1 Å². The molecule has 1 saturated heterocycles. The molecule has 0 N–H and O–H groups in total. The lowest BCUT2D eigenvalue weighted by Gasteiger charge is -2.33. The van der Waals surface area contributed by atoms with Gasteiger partial charge in [-0.05, 0) is 63.4 Å². The summed E-state index contributed by atoms with van der Waals surface area (Å²) >= 11 is 6.66. The lowest BCUT2D eigenvalue weighted by Crippen LogP contribution is -2.34.